The Bertz CT molecular complexity index is 522. The minimum absolute atomic E-state index is 0.201. The number of carbonyl (C=O) groups is 2. The lowest BCUT2D eigenvalue weighted by atomic mass is 10.1. The van der Waals surface area contributed by atoms with Crippen LogP contribution in [-0.4, -0.2) is 29.2 Å². The van der Waals surface area contributed by atoms with Crippen molar-refractivity contribution in [2.45, 2.75) is 51.9 Å². The molecule has 0 radical (unpaired) electrons. The molecule has 110 valence electrons. The van der Waals surface area contributed by atoms with Gasteiger partial charge in [-0.15, -0.1) is 0 Å². The second-order valence-corrected chi connectivity index (χ2v) is 5.13. The van der Waals surface area contributed by atoms with E-state index in [9.17, 15) is 9.59 Å². The molecule has 1 aliphatic rings. The largest absolute Gasteiger partial charge is 0.479 e. The zero-order valence-corrected chi connectivity index (χ0v) is 11.8. The van der Waals surface area contributed by atoms with Crippen LogP contribution in [0.15, 0.2) is 10.5 Å². The molecule has 20 heavy (non-hydrogen) atoms. The molecule has 6 nitrogen and oxygen atoms in total. The maximum Gasteiger partial charge on any atom is 0.332 e. The molecule has 0 spiro atoms. The van der Waals surface area contributed by atoms with E-state index in [1.807, 2.05) is 26.8 Å². The molecule has 0 aliphatic carbocycles. The number of furan rings is 1. The highest BCUT2D eigenvalue weighted by molar-refractivity contribution is 5.83. The molecule has 1 aliphatic heterocycles. The normalized spacial score (nSPS) is 23.6. The van der Waals surface area contributed by atoms with Crippen LogP contribution in [0.2, 0.25) is 0 Å². The van der Waals surface area contributed by atoms with Gasteiger partial charge in [-0.05, 0) is 39.7 Å². The van der Waals surface area contributed by atoms with E-state index in [0.717, 1.165) is 17.1 Å². The van der Waals surface area contributed by atoms with Crippen LogP contribution in [0.1, 0.15) is 42.9 Å². The summed E-state index contributed by atoms with van der Waals surface area (Å²) in [6.07, 6.45) is -0.768. The van der Waals surface area contributed by atoms with Crippen molar-refractivity contribution in [3.05, 3.63) is 23.2 Å². The summed E-state index contributed by atoms with van der Waals surface area (Å²) < 4.78 is 10.7. The van der Waals surface area contributed by atoms with Crippen molar-refractivity contribution in [1.82, 2.24) is 5.32 Å². The third kappa shape index (κ3) is 3.01. The van der Waals surface area contributed by atoms with Crippen LogP contribution < -0.4 is 5.32 Å². The molecule has 1 aromatic rings. The Morgan fingerprint density at radius 1 is 1.35 bits per heavy atom. The molecule has 2 N–H and O–H groups in total. The number of carboxylic acids is 1. The number of hydrogen-bond donors (Lipinski definition) is 2. The van der Waals surface area contributed by atoms with Gasteiger partial charge >= 0.3 is 5.97 Å². The predicted octanol–water partition coefficient (Wildman–Crippen LogP) is 1.71. The molecular weight excluding hydrogens is 262 g/mol. The van der Waals surface area contributed by atoms with Crippen LogP contribution in [0.4, 0.5) is 0 Å². The summed E-state index contributed by atoms with van der Waals surface area (Å²) >= 11 is 0. The third-order valence-electron chi connectivity index (χ3n) is 3.49. The summed E-state index contributed by atoms with van der Waals surface area (Å²) in [5.41, 5.74) is 0.920. The molecule has 1 aromatic heterocycles. The van der Waals surface area contributed by atoms with Gasteiger partial charge in [-0.25, -0.2) is 4.79 Å². The van der Waals surface area contributed by atoms with E-state index in [4.69, 9.17) is 14.3 Å². The summed E-state index contributed by atoms with van der Waals surface area (Å²) in [5.74, 6) is 0.266. The number of carbonyl (C=O) groups excluding carboxylic acids is 1. The topological polar surface area (TPSA) is 88.8 Å². The Morgan fingerprint density at radius 2 is 2.00 bits per heavy atom. The van der Waals surface area contributed by atoms with Gasteiger partial charge in [-0.3, -0.25) is 4.79 Å². The van der Waals surface area contributed by atoms with Gasteiger partial charge in [0, 0.05) is 5.56 Å². The highest BCUT2D eigenvalue weighted by atomic mass is 16.5. The van der Waals surface area contributed by atoms with Crippen molar-refractivity contribution >= 4 is 11.9 Å². The lowest BCUT2D eigenvalue weighted by Gasteiger charge is -2.16. The van der Waals surface area contributed by atoms with Crippen molar-refractivity contribution in [1.29, 1.82) is 0 Å². The summed E-state index contributed by atoms with van der Waals surface area (Å²) in [5, 5.41) is 11.7. The van der Waals surface area contributed by atoms with Crippen LogP contribution in [-0.2, 0) is 14.3 Å². The van der Waals surface area contributed by atoms with E-state index in [2.05, 4.69) is 5.32 Å². The predicted molar refractivity (Wildman–Crippen MR) is 70.3 cm³/mol. The van der Waals surface area contributed by atoms with Crippen molar-refractivity contribution < 1.29 is 23.8 Å². The summed E-state index contributed by atoms with van der Waals surface area (Å²) in [6, 6.07) is 1.68. The number of amides is 1. The lowest BCUT2D eigenvalue weighted by Crippen LogP contribution is -2.37. The first-order valence-corrected chi connectivity index (χ1v) is 6.64. The van der Waals surface area contributed by atoms with Crippen LogP contribution >= 0.6 is 0 Å². The first-order chi connectivity index (χ1) is 9.38. The third-order valence-corrected chi connectivity index (χ3v) is 3.49. The standard InChI is InChI=1S/C14H19NO5/c1-7-6-10(9(3)19-7)8(2)15-13(16)11-4-5-12(20-11)14(17)18/h6,8,11-12H,4-5H2,1-3H3,(H,15,16)(H,17,18)/t8?,11-,12+/m0/s1. The molecule has 0 aromatic carbocycles. The highest BCUT2D eigenvalue weighted by Crippen LogP contribution is 2.24. The fraction of sp³-hybridized carbons (Fsp3) is 0.571. The molecule has 1 amide bonds. The van der Waals surface area contributed by atoms with Crippen molar-refractivity contribution in [3.63, 3.8) is 0 Å². The number of carboxylic acid groups (broad SMARTS) is 1. The van der Waals surface area contributed by atoms with E-state index in [0.29, 0.717) is 12.8 Å². The molecule has 1 fully saturated rings. The summed E-state index contributed by atoms with van der Waals surface area (Å²) in [6.45, 7) is 5.55. The van der Waals surface area contributed by atoms with E-state index >= 15 is 0 Å². The average Bonchev–Trinajstić information content (AvgIpc) is 2.95. The van der Waals surface area contributed by atoms with Gasteiger partial charge in [0.05, 0.1) is 6.04 Å². The zero-order valence-electron chi connectivity index (χ0n) is 11.8. The molecule has 2 heterocycles. The first kappa shape index (κ1) is 14.6. The quantitative estimate of drug-likeness (QED) is 0.877. The molecule has 2 rings (SSSR count). The van der Waals surface area contributed by atoms with Crippen LogP contribution in [0.3, 0.4) is 0 Å². The Labute approximate surface area is 117 Å². The van der Waals surface area contributed by atoms with Crippen LogP contribution in [0.25, 0.3) is 0 Å². The fourth-order valence-corrected chi connectivity index (χ4v) is 2.48. The van der Waals surface area contributed by atoms with Gasteiger partial charge in [0.15, 0.2) is 6.10 Å². The highest BCUT2D eigenvalue weighted by Gasteiger charge is 2.35. The van der Waals surface area contributed by atoms with Gasteiger partial charge in [0.25, 0.3) is 0 Å². The fourth-order valence-electron chi connectivity index (χ4n) is 2.48. The van der Waals surface area contributed by atoms with Gasteiger partial charge in [-0.1, -0.05) is 0 Å². The van der Waals surface area contributed by atoms with E-state index in [1.165, 1.54) is 0 Å². The number of aliphatic carboxylic acids is 1. The molecule has 0 saturated carbocycles. The minimum atomic E-state index is -1.02. The maximum absolute atomic E-state index is 12.1. The monoisotopic (exact) mass is 281 g/mol. The molecule has 6 heteroatoms. The van der Waals surface area contributed by atoms with Crippen molar-refractivity contribution in [2.24, 2.45) is 0 Å². The van der Waals surface area contributed by atoms with Crippen molar-refractivity contribution in [2.75, 3.05) is 0 Å². The van der Waals surface area contributed by atoms with E-state index in [-0.39, 0.29) is 11.9 Å². The number of rotatable bonds is 4. The number of ether oxygens (including phenoxy) is 1. The number of hydrogen-bond acceptors (Lipinski definition) is 4. The summed E-state index contributed by atoms with van der Waals surface area (Å²) in [7, 11) is 0. The van der Waals surface area contributed by atoms with E-state index in [1.54, 1.807) is 0 Å². The average molecular weight is 281 g/mol. The number of aryl methyl sites for hydroxylation is 2. The Kier molecular flexibility index (Phi) is 4.13. The van der Waals surface area contributed by atoms with Gasteiger partial charge in [0.2, 0.25) is 5.91 Å². The smallest absolute Gasteiger partial charge is 0.332 e. The van der Waals surface area contributed by atoms with Crippen LogP contribution in [0.5, 0.6) is 0 Å². The summed E-state index contributed by atoms with van der Waals surface area (Å²) in [4.78, 5) is 22.8. The van der Waals surface area contributed by atoms with Crippen molar-refractivity contribution in [3.8, 4) is 0 Å². The molecule has 0 bridgehead atoms. The Balaban J connectivity index is 1.95. The van der Waals surface area contributed by atoms with Crippen LogP contribution in [0, 0.1) is 13.8 Å². The molecule has 3 atom stereocenters. The maximum atomic E-state index is 12.1. The second kappa shape index (κ2) is 5.66. The first-order valence-electron chi connectivity index (χ1n) is 6.64. The molecule has 1 saturated heterocycles. The zero-order chi connectivity index (χ0) is 14.9. The second-order valence-electron chi connectivity index (χ2n) is 5.13. The van der Waals surface area contributed by atoms with E-state index < -0.39 is 18.2 Å². The SMILES string of the molecule is Cc1cc(C(C)NC(=O)[C@@H]2CC[C@H](C(=O)O)O2)c(C)o1. The molecular formula is C14H19NO5. The Morgan fingerprint density at radius 3 is 2.50 bits per heavy atom. The minimum Gasteiger partial charge on any atom is -0.479 e. The van der Waals surface area contributed by atoms with Gasteiger partial charge in [-0.2, -0.15) is 0 Å². The lowest BCUT2D eigenvalue weighted by molar-refractivity contribution is -0.151. The number of nitrogens with one attached hydrogen (secondary N) is 1. The van der Waals surface area contributed by atoms with Gasteiger partial charge < -0.3 is 19.6 Å². The Hall–Kier alpha value is -1.82. The molecule has 1 unspecified atom stereocenters. The van der Waals surface area contributed by atoms with Gasteiger partial charge in [0.1, 0.15) is 17.6 Å².